The molecule has 1 aromatic heterocycles. The van der Waals surface area contributed by atoms with Crippen LogP contribution in [0.15, 0.2) is 24.3 Å². The van der Waals surface area contributed by atoms with Crippen molar-refractivity contribution in [1.82, 2.24) is 14.5 Å². The fourth-order valence-corrected chi connectivity index (χ4v) is 2.35. The second-order valence-electron chi connectivity index (χ2n) is 5.31. The van der Waals surface area contributed by atoms with E-state index in [2.05, 4.69) is 48.7 Å². The Morgan fingerprint density at radius 3 is 2.74 bits per heavy atom. The first-order valence-electron chi connectivity index (χ1n) is 6.99. The number of nitrogens with zero attached hydrogens (tertiary/aromatic N) is 3. The summed E-state index contributed by atoms with van der Waals surface area (Å²) < 4.78 is 2.27. The molecule has 1 heterocycles. The van der Waals surface area contributed by atoms with Gasteiger partial charge in [-0.05, 0) is 32.6 Å². The standard InChI is InChI=1S/C15H24N4/c1-4-7-12(16)15-17-13-8-5-6-9-14(13)19(15)11-10-18(2)3/h5-6,8-9,12H,4,7,10-11,16H2,1-3H3. The van der Waals surface area contributed by atoms with Gasteiger partial charge in [-0.15, -0.1) is 0 Å². The molecular weight excluding hydrogens is 236 g/mol. The Morgan fingerprint density at radius 2 is 2.05 bits per heavy atom. The molecular formula is C15H24N4. The predicted molar refractivity (Wildman–Crippen MR) is 80.1 cm³/mol. The minimum atomic E-state index is 0.0274. The number of hydrogen-bond acceptors (Lipinski definition) is 3. The van der Waals surface area contributed by atoms with Gasteiger partial charge < -0.3 is 15.2 Å². The summed E-state index contributed by atoms with van der Waals surface area (Å²) in [5.74, 6) is 1.02. The first-order valence-corrected chi connectivity index (χ1v) is 6.99. The summed E-state index contributed by atoms with van der Waals surface area (Å²) in [4.78, 5) is 6.91. The van der Waals surface area contributed by atoms with Crippen LogP contribution in [0.1, 0.15) is 31.6 Å². The number of likely N-dealkylation sites (N-methyl/N-ethyl adjacent to an activating group) is 1. The summed E-state index contributed by atoms with van der Waals surface area (Å²) in [6.45, 7) is 4.08. The SMILES string of the molecule is CCCC(N)c1nc2ccccc2n1CCN(C)C. The van der Waals surface area contributed by atoms with Crippen molar-refractivity contribution in [1.29, 1.82) is 0 Å². The van der Waals surface area contributed by atoms with Crippen molar-refractivity contribution in [3.8, 4) is 0 Å². The monoisotopic (exact) mass is 260 g/mol. The molecule has 0 aliphatic rings. The number of nitrogens with two attached hydrogens (primary N) is 1. The van der Waals surface area contributed by atoms with Crippen LogP contribution in [0.5, 0.6) is 0 Å². The molecule has 0 saturated carbocycles. The average molecular weight is 260 g/mol. The summed E-state index contributed by atoms with van der Waals surface area (Å²) in [7, 11) is 4.18. The number of aromatic nitrogens is 2. The molecule has 0 spiro atoms. The summed E-state index contributed by atoms with van der Waals surface area (Å²) >= 11 is 0. The van der Waals surface area contributed by atoms with Crippen molar-refractivity contribution in [2.75, 3.05) is 20.6 Å². The van der Waals surface area contributed by atoms with Gasteiger partial charge in [-0.2, -0.15) is 0 Å². The number of para-hydroxylation sites is 2. The van der Waals surface area contributed by atoms with Gasteiger partial charge >= 0.3 is 0 Å². The van der Waals surface area contributed by atoms with Crippen LogP contribution < -0.4 is 5.73 Å². The molecule has 104 valence electrons. The molecule has 0 saturated heterocycles. The fourth-order valence-electron chi connectivity index (χ4n) is 2.35. The van der Waals surface area contributed by atoms with Crippen LogP contribution in [0.3, 0.4) is 0 Å². The lowest BCUT2D eigenvalue weighted by Crippen LogP contribution is -2.22. The Balaban J connectivity index is 2.39. The zero-order chi connectivity index (χ0) is 13.8. The Bertz CT molecular complexity index is 530. The highest BCUT2D eigenvalue weighted by atomic mass is 15.1. The molecule has 1 unspecified atom stereocenters. The van der Waals surface area contributed by atoms with Gasteiger partial charge in [0.15, 0.2) is 0 Å². The van der Waals surface area contributed by atoms with Gasteiger partial charge in [-0.25, -0.2) is 4.98 Å². The molecule has 19 heavy (non-hydrogen) atoms. The molecule has 2 rings (SSSR count). The van der Waals surface area contributed by atoms with Crippen LogP contribution in [-0.4, -0.2) is 35.1 Å². The van der Waals surface area contributed by atoms with Gasteiger partial charge in [0, 0.05) is 13.1 Å². The predicted octanol–water partition coefficient (Wildman–Crippen LogP) is 2.40. The van der Waals surface area contributed by atoms with Gasteiger partial charge in [0.2, 0.25) is 0 Å². The highest BCUT2D eigenvalue weighted by Gasteiger charge is 2.16. The van der Waals surface area contributed by atoms with Gasteiger partial charge in [-0.1, -0.05) is 25.5 Å². The number of benzene rings is 1. The van der Waals surface area contributed by atoms with Crippen molar-refractivity contribution in [3.63, 3.8) is 0 Å². The Kier molecular flexibility index (Phi) is 4.56. The third kappa shape index (κ3) is 3.14. The number of hydrogen-bond donors (Lipinski definition) is 1. The van der Waals surface area contributed by atoms with Gasteiger partial charge in [-0.3, -0.25) is 0 Å². The Morgan fingerprint density at radius 1 is 1.32 bits per heavy atom. The minimum absolute atomic E-state index is 0.0274. The Hall–Kier alpha value is -1.39. The zero-order valence-electron chi connectivity index (χ0n) is 12.1. The van der Waals surface area contributed by atoms with Crippen LogP contribution in [-0.2, 0) is 6.54 Å². The van der Waals surface area contributed by atoms with E-state index in [1.807, 2.05) is 6.07 Å². The quantitative estimate of drug-likeness (QED) is 0.867. The van der Waals surface area contributed by atoms with Crippen molar-refractivity contribution in [3.05, 3.63) is 30.1 Å². The Labute approximate surface area is 115 Å². The molecule has 0 aliphatic heterocycles. The van der Waals surface area contributed by atoms with Gasteiger partial charge in [0.25, 0.3) is 0 Å². The van der Waals surface area contributed by atoms with Gasteiger partial charge in [0.1, 0.15) is 5.82 Å². The second-order valence-corrected chi connectivity index (χ2v) is 5.31. The zero-order valence-corrected chi connectivity index (χ0v) is 12.1. The van der Waals surface area contributed by atoms with Crippen molar-refractivity contribution >= 4 is 11.0 Å². The van der Waals surface area contributed by atoms with E-state index in [1.165, 1.54) is 5.52 Å². The van der Waals surface area contributed by atoms with Crippen molar-refractivity contribution in [2.24, 2.45) is 5.73 Å². The first kappa shape index (κ1) is 14.0. The smallest absolute Gasteiger partial charge is 0.126 e. The van der Waals surface area contributed by atoms with Crippen molar-refractivity contribution in [2.45, 2.75) is 32.4 Å². The third-order valence-corrected chi connectivity index (χ3v) is 3.39. The highest BCUT2D eigenvalue weighted by molar-refractivity contribution is 5.76. The molecule has 0 radical (unpaired) electrons. The van der Waals surface area contributed by atoms with Crippen molar-refractivity contribution < 1.29 is 0 Å². The number of fused-ring (bicyclic) bond motifs is 1. The third-order valence-electron chi connectivity index (χ3n) is 3.39. The topological polar surface area (TPSA) is 47.1 Å². The average Bonchev–Trinajstić information content (AvgIpc) is 2.75. The molecule has 0 aliphatic carbocycles. The summed E-state index contributed by atoms with van der Waals surface area (Å²) in [5.41, 5.74) is 8.51. The maximum absolute atomic E-state index is 6.28. The minimum Gasteiger partial charge on any atom is -0.325 e. The fraction of sp³-hybridized carbons (Fsp3) is 0.533. The van der Waals surface area contributed by atoms with E-state index in [1.54, 1.807) is 0 Å². The molecule has 2 aromatic rings. The molecule has 4 heteroatoms. The van der Waals surface area contributed by atoms with E-state index in [0.29, 0.717) is 0 Å². The van der Waals surface area contributed by atoms with E-state index < -0.39 is 0 Å². The summed E-state index contributed by atoms with van der Waals surface area (Å²) in [6.07, 6.45) is 2.06. The van der Waals surface area contributed by atoms with Crippen LogP contribution in [0, 0.1) is 0 Å². The second kappa shape index (κ2) is 6.17. The lowest BCUT2D eigenvalue weighted by molar-refractivity contribution is 0.380. The molecule has 4 nitrogen and oxygen atoms in total. The van der Waals surface area contributed by atoms with Crippen LogP contribution in [0.2, 0.25) is 0 Å². The van der Waals surface area contributed by atoms with E-state index in [-0.39, 0.29) is 6.04 Å². The van der Waals surface area contributed by atoms with Gasteiger partial charge in [0.05, 0.1) is 17.1 Å². The lowest BCUT2D eigenvalue weighted by atomic mass is 10.1. The summed E-state index contributed by atoms with van der Waals surface area (Å²) in [5, 5.41) is 0. The van der Waals surface area contributed by atoms with E-state index in [4.69, 9.17) is 10.7 Å². The maximum atomic E-state index is 6.28. The molecule has 2 N–H and O–H groups in total. The maximum Gasteiger partial charge on any atom is 0.126 e. The van der Waals surface area contributed by atoms with Crippen LogP contribution in [0.4, 0.5) is 0 Å². The number of imidazole rings is 1. The summed E-state index contributed by atoms with van der Waals surface area (Å²) in [6, 6.07) is 8.30. The molecule has 0 fully saturated rings. The molecule has 1 aromatic carbocycles. The molecule has 0 bridgehead atoms. The van der Waals surface area contributed by atoms with Crippen LogP contribution >= 0.6 is 0 Å². The van der Waals surface area contributed by atoms with E-state index in [9.17, 15) is 0 Å². The highest BCUT2D eigenvalue weighted by Crippen LogP contribution is 2.22. The van der Waals surface area contributed by atoms with Crippen LogP contribution in [0.25, 0.3) is 11.0 Å². The normalized spacial score (nSPS) is 13.3. The van der Waals surface area contributed by atoms with E-state index in [0.717, 1.165) is 37.3 Å². The first-order chi connectivity index (χ1) is 9.13. The lowest BCUT2D eigenvalue weighted by Gasteiger charge is -2.16. The molecule has 0 amide bonds. The van der Waals surface area contributed by atoms with E-state index >= 15 is 0 Å². The number of rotatable bonds is 6. The molecule has 1 atom stereocenters. The largest absolute Gasteiger partial charge is 0.325 e.